The minimum atomic E-state index is -0.166. The molecule has 3 rings (SSSR count). The van der Waals surface area contributed by atoms with E-state index in [0.29, 0.717) is 25.2 Å². The molecule has 2 aromatic carbocycles. The van der Waals surface area contributed by atoms with E-state index in [-0.39, 0.29) is 29.9 Å². The number of carbonyl (C=O) groups excluding carboxylic acids is 3. The molecular weight excluding hydrogens is 352 g/mol. The lowest BCUT2D eigenvalue weighted by atomic mass is 9.89. The molecule has 1 atom stereocenters. The first-order chi connectivity index (χ1) is 13.5. The van der Waals surface area contributed by atoms with Crippen molar-refractivity contribution in [2.24, 2.45) is 5.92 Å². The Morgan fingerprint density at radius 1 is 1.00 bits per heavy atom. The zero-order chi connectivity index (χ0) is 19.9. The highest BCUT2D eigenvalue weighted by molar-refractivity contribution is 5.98. The fourth-order valence-corrected chi connectivity index (χ4v) is 3.61. The van der Waals surface area contributed by atoms with E-state index in [4.69, 9.17) is 0 Å². The van der Waals surface area contributed by atoms with Crippen LogP contribution < -0.4 is 5.32 Å². The van der Waals surface area contributed by atoms with Gasteiger partial charge >= 0.3 is 0 Å². The Morgan fingerprint density at radius 2 is 1.68 bits per heavy atom. The fraction of sp³-hybridized carbons (Fsp3) is 0.348. The molecule has 2 amide bonds. The smallest absolute Gasteiger partial charge is 0.224 e. The molecule has 1 saturated heterocycles. The first-order valence-corrected chi connectivity index (χ1v) is 9.76. The minimum absolute atomic E-state index is 0.00863. The molecule has 0 spiro atoms. The lowest BCUT2D eigenvalue weighted by molar-refractivity contribution is -0.132. The molecule has 5 nitrogen and oxygen atoms in total. The summed E-state index contributed by atoms with van der Waals surface area (Å²) in [5, 5.41) is 2.64. The Balaban J connectivity index is 1.60. The van der Waals surface area contributed by atoms with Crippen LogP contribution in [0.5, 0.6) is 0 Å². The number of ketones is 1. The quantitative estimate of drug-likeness (QED) is 0.785. The van der Waals surface area contributed by atoms with Crippen LogP contribution in [0.1, 0.15) is 36.5 Å². The Morgan fingerprint density at radius 3 is 2.36 bits per heavy atom. The van der Waals surface area contributed by atoms with Gasteiger partial charge in [0.15, 0.2) is 5.78 Å². The summed E-state index contributed by atoms with van der Waals surface area (Å²) in [5.74, 6) is -0.218. The molecule has 0 radical (unpaired) electrons. The Kier molecular flexibility index (Phi) is 6.58. The van der Waals surface area contributed by atoms with Crippen molar-refractivity contribution in [2.75, 3.05) is 19.6 Å². The van der Waals surface area contributed by atoms with Crippen LogP contribution in [0.4, 0.5) is 0 Å². The van der Waals surface area contributed by atoms with Gasteiger partial charge in [0.05, 0.1) is 0 Å². The second kappa shape index (κ2) is 9.31. The standard InChI is InChI=1S/C23H26N2O3/c1-17(26)24-14-13-22(27)25-15-5-8-21(16-25)23(28)20-11-9-19(10-12-20)18-6-3-2-4-7-18/h2-4,6-7,9-12,21H,5,8,13-16H2,1H3,(H,24,26). The van der Waals surface area contributed by atoms with Crippen LogP contribution in [0, 0.1) is 5.92 Å². The summed E-state index contributed by atoms with van der Waals surface area (Å²) in [5.41, 5.74) is 2.89. The second-order valence-corrected chi connectivity index (χ2v) is 7.22. The van der Waals surface area contributed by atoms with Crippen molar-refractivity contribution < 1.29 is 14.4 Å². The molecule has 2 aromatic rings. The van der Waals surface area contributed by atoms with E-state index in [1.54, 1.807) is 4.90 Å². The molecule has 1 fully saturated rings. The van der Waals surface area contributed by atoms with E-state index in [2.05, 4.69) is 5.32 Å². The van der Waals surface area contributed by atoms with Gasteiger partial charge in [0.2, 0.25) is 11.8 Å². The number of piperidine rings is 1. The lowest BCUT2D eigenvalue weighted by Gasteiger charge is -2.32. The molecular formula is C23H26N2O3. The molecule has 0 bridgehead atoms. The maximum atomic E-state index is 12.9. The number of likely N-dealkylation sites (tertiary alicyclic amines) is 1. The monoisotopic (exact) mass is 378 g/mol. The van der Waals surface area contributed by atoms with E-state index in [1.807, 2.05) is 54.6 Å². The Hall–Kier alpha value is -2.95. The molecule has 146 valence electrons. The number of rotatable bonds is 6. The topological polar surface area (TPSA) is 66.5 Å². The molecule has 1 aliphatic heterocycles. The summed E-state index contributed by atoms with van der Waals surface area (Å²) in [7, 11) is 0. The summed E-state index contributed by atoms with van der Waals surface area (Å²) < 4.78 is 0. The number of hydrogen-bond donors (Lipinski definition) is 1. The third-order valence-electron chi connectivity index (χ3n) is 5.13. The van der Waals surface area contributed by atoms with E-state index in [1.165, 1.54) is 6.92 Å². The Labute approximate surface area is 165 Å². The molecule has 0 saturated carbocycles. The van der Waals surface area contributed by atoms with Crippen LogP contribution in [-0.4, -0.2) is 42.1 Å². The minimum Gasteiger partial charge on any atom is -0.356 e. The van der Waals surface area contributed by atoms with Gasteiger partial charge in [-0.05, 0) is 24.0 Å². The molecule has 1 unspecified atom stereocenters. The van der Waals surface area contributed by atoms with Crippen molar-refractivity contribution in [2.45, 2.75) is 26.2 Å². The van der Waals surface area contributed by atoms with E-state index in [0.717, 1.165) is 24.0 Å². The summed E-state index contributed by atoms with van der Waals surface area (Å²) in [6, 6.07) is 17.8. The number of nitrogens with one attached hydrogen (secondary N) is 1. The van der Waals surface area contributed by atoms with E-state index >= 15 is 0 Å². The average molecular weight is 378 g/mol. The van der Waals surface area contributed by atoms with Crippen molar-refractivity contribution in [3.63, 3.8) is 0 Å². The number of amides is 2. The highest BCUT2D eigenvalue weighted by Crippen LogP contribution is 2.24. The first-order valence-electron chi connectivity index (χ1n) is 9.76. The molecule has 1 N–H and O–H groups in total. The van der Waals surface area contributed by atoms with Crippen LogP contribution in [0.2, 0.25) is 0 Å². The maximum absolute atomic E-state index is 12.9. The van der Waals surface area contributed by atoms with Crippen LogP contribution in [0.15, 0.2) is 54.6 Å². The number of benzene rings is 2. The van der Waals surface area contributed by atoms with Gasteiger partial charge in [-0.15, -0.1) is 0 Å². The van der Waals surface area contributed by atoms with Crippen molar-refractivity contribution >= 4 is 17.6 Å². The predicted octanol–water partition coefficient (Wildman–Crippen LogP) is 3.30. The summed E-state index contributed by atoms with van der Waals surface area (Å²) >= 11 is 0. The fourth-order valence-electron chi connectivity index (χ4n) is 3.61. The molecule has 0 aliphatic carbocycles. The number of nitrogens with zero attached hydrogens (tertiary/aromatic N) is 1. The number of carbonyl (C=O) groups is 3. The Bertz CT molecular complexity index is 831. The molecule has 1 aliphatic rings. The first kappa shape index (κ1) is 19.8. The maximum Gasteiger partial charge on any atom is 0.224 e. The second-order valence-electron chi connectivity index (χ2n) is 7.22. The van der Waals surface area contributed by atoms with Crippen LogP contribution >= 0.6 is 0 Å². The third kappa shape index (κ3) is 5.06. The van der Waals surface area contributed by atoms with Gasteiger partial charge in [-0.1, -0.05) is 54.6 Å². The summed E-state index contributed by atoms with van der Waals surface area (Å²) in [6.07, 6.45) is 1.89. The van der Waals surface area contributed by atoms with Gasteiger partial charge in [-0.25, -0.2) is 0 Å². The number of Topliss-reactive ketones (excluding diaryl/α,β-unsaturated/α-hetero) is 1. The van der Waals surface area contributed by atoms with E-state index in [9.17, 15) is 14.4 Å². The summed E-state index contributed by atoms with van der Waals surface area (Å²) in [4.78, 5) is 38.0. The molecule has 0 aromatic heterocycles. The number of hydrogen-bond acceptors (Lipinski definition) is 3. The normalized spacial score (nSPS) is 16.5. The van der Waals surface area contributed by atoms with Gasteiger partial charge in [0.25, 0.3) is 0 Å². The van der Waals surface area contributed by atoms with Crippen molar-refractivity contribution in [3.8, 4) is 11.1 Å². The third-order valence-corrected chi connectivity index (χ3v) is 5.13. The van der Waals surface area contributed by atoms with Crippen LogP contribution in [0.25, 0.3) is 11.1 Å². The van der Waals surface area contributed by atoms with Gasteiger partial charge < -0.3 is 10.2 Å². The van der Waals surface area contributed by atoms with Gasteiger partial charge in [-0.2, -0.15) is 0 Å². The largest absolute Gasteiger partial charge is 0.356 e. The highest BCUT2D eigenvalue weighted by Gasteiger charge is 2.28. The van der Waals surface area contributed by atoms with Gasteiger partial charge in [0.1, 0.15) is 0 Å². The van der Waals surface area contributed by atoms with Crippen molar-refractivity contribution in [3.05, 3.63) is 60.2 Å². The molecule has 28 heavy (non-hydrogen) atoms. The van der Waals surface area contributed by atoms with Crippen LogP contribution in [0.3, 0.4) is 0 Å². The zero-order valence-corrected chi connectivity index (χ0v) is 16.2. The van der Waals surface area contributed by atoms with Gasteiger partial charge in [0, 0.05) is 44.5 Å². The highest BCUT2D eigenvalue weighted by atomic mass is 16.2. The van der Waals surface area contributed by atoms with Crippen molar-refractivity contribution in [1.29, 1.82) is 0 Å². The predicted molar refractivity (Wildman–Crippen MR) is 109 cm³/mol. The van der Waals surface area contributed by atoms with Crippen LogP contribution in [-0.2, 0) is 9.59 Å². The van der Waals surface area contributed by atoms with Crippen molar-refractivity contribution in [1.82, 2.24) is 10.2 Å². The molecule has 5 heteroatoms. The molecule has 1 heterocycles. The summed E-state index contributed by atoms with van der Waals surface area (Å²) in [6.45, 7) is 2.90. The average Bonchev–Trinajstić information content (AvgIpc) is 2.74. The SMILES string of the molecule is CC(=O)NCCC(=O)N1CCCC(C(=O)c2ccc(-c3ccccc3)cc2)C1. The zero-order valence-electron chi connectivity index (χ0n) is 16.2. The van der Waals surface area contributed by atoms with Gasteiger partial charge in [-0.3, -0.25) is 14.4 Å². The van der Waals surface area contributed by atoms with E-state index < -0.39 is 0 Å². The lowest BCUT2D eigenvalue weighted by Crippen LogP contribution is -2.43.